The molecule has 1 fully saturated rings. The third-order valence-electron chi connectivity index (χ3n) is 4.20. The highest BCUT2D eigenvalue weighted by Gasteiger charge is 2.32. The van der Waals surface area contributed by atoms with Crippen LogP contribution in [0.5, 0.6) is 0 Å². The Kier molecular flexibility index (Phi) is 4.91. The molecule has 0 unspecified atom stereocenters. The second kappa shape index (κ2) is 6.94. The Labute approximate surface area is 150 Å². The highest BCUT2D eigenvalue weighted by Crippen LogP contribution is 2.34. The van der Waals surface area contributed by atoms with E-state index in [2.05, 4.69) is 24.0 Å². The molecule has 126 valence electrons. The summed E-state index contributed by atoms with van der Waals surface area (Å²) in [5.41, 5.74) is 3.54. The SMILES string of the molecule is CCN1CCc2cc(/C=C3/SC(=S)N(CCC(=O)O)C3=O)ccc21. The monoisotopic (exact) mass is 362 g/mol. The number of benzene rings is 1. The summed E-state index contributed by atoms with van der Waals surface area (Å²) in [6.07, 6.45) is 2.75. The van der Waals surface area contributed by atoms with Crippen molar-refractivity contribution in [1.82, 2.24) is 4.90 Å². The summed E-state index contributed by atoms with van der Waals surface area (Å²) < 4.78 is 0.422. The molecule has 0 radical (unpaired) electrons. The van der Waals surface area contributed by atoms with E-state index >= 15 is 0 Å². The number of likely N-dealkylation sites (N-methyl/N-ethyl adjacent to an activating group) is 1. The molecule has 5 nitrogen and oxygen atoms in total. The van der Waals surface area contributed by atoms with Crippen LogP contribution in [0.25, 0.3) is 6.08 Å². The van der Waals surface area contributed by atoms with Crippen LogP contribution >= 0.6 is 24.0 Å². The highest BCUT2D eigenvalue weighted by atomic mass is 32.2. The number of thioether (sulfide) groups is 1. The predicted octanol–water partition coefficient (Wildman–Crippen LogP) is 2.74. The lowest BCUT2D eigenvalue weighted by molar-refractivity contribution is -0.137. The van der Waals surface area contributed by atoms with E-state index in [1.165, 1.54) is 27.9 Å². The number of anilines is 1. The summed E-state index contributed by atoms with van der Waals surface area (Å²) in [7, 11) is 0. The van der Waals surface area contributed by atoms with Crippen LogP contribution in [-0.2, 0) is 16.0 Å². The number of rotatable bonds is 5. The maximum Gasteiger partial charge on any atom is 0.305 e. The molecule has 7 heteroatoms. The lowest BCUT2D eigenvalue weighted by atomic mass is 10.1. The van der Waals surface area contributed by atoms with Crippen LogP contribution in [0, 0.1) is 0 Å². The minimum absolute atomic E-state index is 0.106. The largest absolute Gasteiger partial charge is 0.481 e. The zero-order chi connectivity index (χ0) is 17.3. The Hall–Kier alpha value is -1.86. The molecule has 2 aliphatic rings. The lowest BCUT2D eigenvalue weighted by Crippen LogP contribution is -2.30. The van der Waals surface area contributed by atoms with Gasteiger partial charge in [-0.05, 0) is 42.7 Å². The first-order chi connectivity index (χ1) is 11.5. The number of carbonyl (C=O) groups excluding carboxylic acids is 1. The van der Waals surface area contributed by atoms with E-state index in [0.717, 1.165) is 25.1 Å². The van der Waals surface area contributed by atoms with Crippen molar-refractivity contribution in [3.05, 3.63) is 34.2 Å². The average molecular weight is 362 g/mol. The number of carboxylic acids is 1. The molecule has 2 aliphatic heterocycles. The van der Waals surface area contributed by atoms with Crippen molar-refractivity contribution in [3.8, 4) is 0 Å². The lowest BCUT2D eigenvalue weighted by Gasteiger charge is -2.16. The van der Waals surface area contributed by atoms with Crippen LogP contribution in [0.3, 0.4) is 0 Å². The van der Waals surface area contributed by atoms with Crippen molar-refractivity contribution in [2.24, 2.45) is 0 Å². The van der Waals surface area contributed by atoms with Gasteiger partial charge in [0.15, 0.2) is 0 Å². The Bertz CT molecular complexity index is 745. The number of fused-ring (bicyclic) bond motifs is 1. The zero-order valence-electron chi connectivity index (χ0n) is 13.3. The van der Waals surface area contributed by atoms with Crippen molar-refractivity contribution in [2.45, 2.75) is 19.8 Å². The third kappa shape index (κ3) is 3.32. The molecule has 24 heavy (non-hydrogen) atoms. The van der Waals surface area contributed by atoms with Crippen molar-refractivity contribution in [2.75, 3.05) is 24.5 Å². The number of carbonyl (C=O) groups is 2. The quantitative estimate of drug-likeness (QED) is 0.642. The van der Waals surface area contributed by atoms with Gasteiger partial charge < -0.3 is 10.0 Å². The first-order valence-electron chi connectivity index (χ1n) is 7.84. The van der Waals surface area contributed by atoms with Crippen LogP contribution in [0.1, 0.15) is 24.5 Å². The second-order valence-electron chi connectivity index (χ2n) is 5.69. The first-order valence-corrected chi connectivity index (χ1v) is 9.07. The van der Waals surface area contributed by atoms with Gasteiger partial charge >= 0.3 is 5.97 Å². The standard InChI is InChI=1S/C17H18N2O3S2/c1-2-18-7-5-12-9-11(3-4-13(12)18)10-14-16(22)19(17(23)24-14)8-6-15(20)21/h3-4,9-10H,2,5-8H2,1H3,(H,20,21)/b14-10+. The summed E-state index contributed by atoms with van der Waals surface area (Å²) in [5, 5.41) is 8.77. The van der Waals surface area contributed by atoms with Gasteiger partial charge in [-0.25, -0.2) is 0 Å². The molecule has 1 aromatic carbocycles. The minimum Gasteiger partial charge on any atom is -0.481 e. The van der Waals surface area contributed by atoms with E-state index < -0.39 is 5.97 Å². The summed E-state index contributed by atoms with van der Waals surface area (Å²) in [5.74, 6) is -1.14. The predicted molar refractivity (Wildman–Crippen MR) is 100 cm³/mol. The van der Waals surface area contributed by atoms with Crippen LogP contribution < -0.4 is 4.90 Å². The van der Waals surface area contributed by atoms with Crippen LogP contribution in [0.2, 0.25) is 0 Å². The molecule has 0 atom stereocenters. The van der Waals surface area contributed by atoms with Gasteiger partial charge in [0.2, 0.25) is 0 Å². The molecular weight excluding hydrogens is 344 g/mol. The average Bonchev–Trinajstić information content (AvgIpc) is 3.06. The number of aliphatic carboxylic acids is 1. The summed E-state index contributed by atoms with van der Waals surface area (Å²) in [6, 6.07) is 6.23. The Morgan fingerprint density at radius 3 is 2.96 bits per heavy atom. The van der Waals surface area contributed by atoms with Gasteiger partial charge in [0.1, 0.15) is 4.32 Å². The van der Waals surface area contributed by atoms with Crippen LogP contribution in [-0.4, -0.2) is 45.8 Å². The maximum atomic E-state index is 12.4. The van der Waals surface area contributed by atoms with Crippen LogP contribution in [0.4, 0.5) is 5.69 Å². The van der Waals surface area contributed by atoms with Crippen molar-refractivity contribution < 1.29 is 14.7 Å². The topological polar surface area (TPSA) is 60.9 Å². The number of amides is 1. The van der Waals surface area contributed by atoms with Crippen molar-refractivity contribution in [3.63, 3.8) is 0 Å². The molecule has 1 amide bonds. The highest BCUT2D eigenvalue weighted by molar-refractivity contribution is 8.26. The summed E-state index contributed by atoms with van der Waals surface area (Å²) in [4.78, 5) is 27.4. The van der Waals surface area contributed by atoms with Crippen molar-refractivity contribution in [1.29, 1.82) is 0 Å². The van der Waals surface area contributed by atoms with Gasteiger partial charge in [-0.15, -0.1) is 0 Å². The molecule has 0 spiro atoms. The number of carboxylic acid groups (broad SMARTS) is 1. The molecule has 0 aliphatic carbocycles. The minimum atomic E-state index is -0.938. The number of nitrogens with zero attached hydrogens (tertiary/aromatic N) is 2. The van der Waals surface area contributed by atoms with E-state index in [-0.39, 0.29) is 18.9 Å². The Morgan fingerprint density at radius 2 is 2.25 bits per heavy atom. The first kappa shape index (κ1) is 17.0. The van der Waals surface area contributed by atoms with Crippen LogP contribution in [0.15, 0.2) is 23.1 Å². The summed E-state index contributed by atoms with van der Waals surface area (Å²) >= 11 is 6.43. The molecular formula is C17H18N2O3S2. The van der Waals surface area contributed by atoms with E-state index in [1.807, 2.05) is 12.1 Å². The molecule has 2 heterocycles. The molecule has 0 aromatic heterocycles. The zero-order valence-corrected chi connectivity index (χ0v) is 15.0. The molecule has 0 saturated carbocycles. The van der Waals surface area contributed by atoms with Gasteiger partial charge in [0, 0.05) is 25.3 Å². The Balaban J connectivity index is 1.79. The fourth-order valence-corrected chi connectivity index (χ4v) is 4.27. The number of thiocarbonyl (C=S) groups is 1. The van der Waals surface area contributed by atoms with E-state index in [0.29, 0.717) is 9.23 Å². The molecule has 0 bridgehead atoms. The molecule has 3 rings (SSSR count). The van der Waals surface area contributed by atoms with E-state index in [9.17, 15) is 9.59 Å². The maximum absolute atomic E-state index is 12.4. The fourth-order valence-electron chi connectivity index (χ4n) is 2.96. The van der Waals surface area contributed by atoms with E-state index in [4.69, 9.17) is 17.3 Å². The second-order valence-corrected chi connectivity index (χ2v) is 7.37. The van der Waals surface area contributed by atoms with Gasteiger partial charge in [0.25, 0.3) is 5.91 Å². The smallest absolute Gasteiger partial charge is 0.305 e. The molecule has 1 N–H and O–H groups in total. The van der Waals surface area contributed by atoms with Crippen molar-refractivity contribution >= 4 is 51.9 Å². The molecule has 1 saturated heterocycles. The Morgan fingerprint density at radius 1 is 1.46 bits per heavy atom. The van der Waals surface area contributed by atoms with Gasteiger partial charge in [-0.1, -0.05) is 30.0 Å². The van der Waals surface area contributed by atoms with E-state index in [1.54, 1.807) is 0 Å². The number of hydrogen-bond donors (Lipinski definition) is 1. The molecule has 1 aromatic rings. The van der Waals surface area contributed by atoms with Gasteiger partial charge in [-0.3, -0.25) is 14.5 Å². The van der Waals surface area contributed by atoms with Gasteiger partial charge in [-0.2, -0.15) is 0 Å². The third-order valence-corrected chi connectivity index (χ3v) is 5.58. The number of hydrogen-bond acceptors (Lipinski definition) is 5. The summed E-state index contributed by atoms with van der Waals surface area (Å²) in [6.45, 7) is 4.29. The normalized spacial score (nSPS) is 18.6. The fraction of sp³-hybridized carbons (Fsp3) is 0.353. The van der Waals surface area contributed by atoms with Gasteiger partial charge in [0.05, 0.1) is 11.3 Å².